The number of aromatic amines is 1. The van der Waals surface area contributed by atoms with Crippen LogP contribution in [-0.2, 0) is 0 Å². The molecule has 2 atom stereocenters. The topological polar surface area (TPSA) is 57.8 Å². The van der Waals surface area contributed by atoms with Crippen LogP contribution in [0, 0.1) is 12.3 Å². The second-order valence-electron chi connectivity index (χ2n) is 6.26. The second-order valence-corrected chi connectivity index (χ2v) is 7.49. The van der Waals surface area contributed by atoms with E-state index in [2.05, 4.69) is 36.1 Å². The molecule has 1 aromatic heterocycles. The molecule has 0 spiro atoms. The van der Waals surface area contributed by atoms with Gasteiger partial charge in [-0.05, 0) is 31.7 Å². The Labute approximate surface area is 125 Å². The van der Waals surface area contributed by atoms with E-state index < -0.39 is 0 Å². The minimum atomic E-state index is -0.0601. The molecule has 0 aliphatic heterocycles. The van der Waals surface area contributed by atoms with E-state index in [0.717, 1.165) is 17.4 Å². The highest BCUT2D eigenvalue weighted by molar-refractivity contribution is 7.99. The summed E-state index contributed by atoms with van der Waals surface area (Å²) in [6.45, 7) is 9.66. The number of hydrogen-bond donors (Lipinski definition) is 2. The van der Waals surface area contributed by atoms with Crippen LogP contribution in [0.2, 0.25) is 0 Å². The highest BCUT2D eigenvalue weighted by atomic mass is 32.2. The Morgan fingerprint density at radius 1 is 1.55 bits per heavy atom. The monoisotopic (exact) mass is 295 g/mol. The van der Waals surface area contributed by atoms with Crippen molar-refractivity contribution in [3.05, 3.63) is 22.1 Å². The Bertz CT molecular complexity index is 512. The van der Waals surface area contributed by atoms with Gasteiger partial charge in [-0.2, -0.15) is 0 Å². The van der Waals surface area contributed by atoms with E-state index in [9.17, 15) is 4.79 Å². The number of hydrogen-bond acceptors (Lipinski definition) is 4. The molecule has 112 valence electrons. The molecule has 1 aliphatic rings. The quantitative estimate of drug-likeness (QED) is 0.839. The van der Waals surface area contributed by atoms with Crippen molar-refractivity contribution < 1.29 is 0 Å². The molecule has 1 heterocycles. The fourth-order valence-corrected chi connectivity index (χ4v) is 4.62. The largest absolute Gasteiger partial charge is 0.313 e. The van der Waals surface area contributed by atoms with Gasteiger partial charge < -0.3 is 10.3 Å². The third-order valence-corrected chi connectivity index (χ3v) is 5.29. The zero-order valence-electron chi connectivity index (χ0n) is 12.8. The Balaban J connectivity index is 2.19. The summed E-state index contributed by atoms with van der Waals surface area (Å²) in [5.74, 6) is 0. The van der Waals surface area contributed by atoms with Gasteiger partial charge in [0.05, 0.1) is 0 Å². The Morgan fingerprint density at radius 3 is 2.95 bits per heavy atom. The van der Waals surface area contributed by atoms with Crippen LogP contribution >= 0.6 is 11.8 Å². The van der Waals surface area contributed by atoms with E-state index in [1.54, 1.807) is 11.8 Å². The van der Waals surface area contributed by atoms with Crippen molar-refractivity contribution in [1.29, 1.82) is 0 Å². The molecule has 0 saturated heterocycles. The molecule has 2 unspecified atom stereocenters. The lowest BCUT2D eigenvalue weighted by Gasteiger charge is -2.44. The first-order valence-corrected chi connectivity index (χ1v) is 8.28. The third-order valence-electron chi connectivity index (χ3n) is 4.06. The van der Waals surface area contributed by atoms with Crippen LogP contribution < -0.4 is 10.9 Å². The summed E-state index contributed by atoms with van der Waals surface area (Å²) in [5.41, 5.74) is 1.01. The first kappa shape index (κ1) is 15.6. The van der Waals surface area contributed by atoms with Crippen molar-refractivity contribution >= 4 is 11.8 Å². The fourth-order valence-electron chi connectivity index (χ4n) is 3.09. The highest BCUT2D eigenvalue weighted by Gasteiger charge is 2.39. The zero-order valence-corrected chi connectivity index (χ0v) is 13.6. The standard InChI is InChI=1S/C15H25N3OS/c1-5-16-13-11(7-6-8-15(13,3)4)20-14-17-10(2)9-12(19)18-14/h9,11,13,16H,5-8H2,1-4H3,(H,17,18,19). The molecular formula is C15H25N3OS. The number of nitrogens with one attached hydrogen (secondary N) is 2. The van der Waals surface area contributed by atoms with E-state index in [0.29, 0.717) is 11.3 Å². The lowest BCUT2D eigenvalue weighted by Crippen LogP contribution is -2.51. The highest BCUT2D eigenvalue weighted by Crippen LogP contribution is 2.41. The van der Waals surface area contributed by atoms with Crippen LogP contribution in [0.15, 0.2) is 16.0 Å². The third kappa shape index (κ3) is 3.64. The maximum absolute atomic E-state index is 11.6. The van der Waals surface area contributed by atoms with Crippen molar-refractivity contribution in [2.24, 2.45) is 5.41 Å². The summed E-state index contributed by atoms with van der Waals surface area (Å²) >= 11 is 1.71. The van der Waals surface area contributed by atoms with Crippen LogP contribution in [0.25, 0.3) is 0 Å². The number of nitrogens with zero attached hydrogens (tertiary/aromatic N) is 1. The maximum atomic E-state index is 11.6. The normalized spacial score (nSPS) is 25.6. The molecule has 0 radical (unpaired) electrons. The van der Waals surface area contributed by atoms with Gasteiger partial charge in [0.2, 0.25) is 0 Å². The van der Waals surface area contributed by atoms with Gasteiger partial charge in [-0.25, -0.2) is 4.98 Å². The molecular weight excluding hydrogens is 270 g/mol. The van der Waals surface area contributed by atoms with Crippen LogP contribution in [-0.4, -0.2) is 27.8 Å². The molecule has 0 bridgehead atoms. The molecule has 1 aromatic rings. The van der Waals surface area contributed by atoms with Gasteiger partial charge in [0.15, 0.2) is 5.16 Å². The predicted molar refractivity (Wildman–Crippen MR) is 84.3 cm³/mol. The Morgan fingerprint density at radius 2 is 2.30 bits per heavy atom. The number of thioether (sulfide) groups is 1. The first-order valence-electron chi connectivity index (χ1n) is 7.40. The second kappa shape index (κ2) is 6.31. The molecule has 1 fully saturated rings. The molecule has 1 aliphatic carbocycles. The van der Waals surface area contributed by atoms with E-state index in [4.69, 9.17) is 0 Å². The van der Waals surface area contributed by atoms with Crippen LogP contribution in [0.1, 0.15) is 45.7 Å². The van der Waals surface area contributed by atoms with Gasteiger partial charge >= 0.3 is 0 Å². The molecule has 0 amide bonds. The number of aryl methyl sites for hydroxylation is 1. The predicted octanol–water partition coefficient (Wildman–Crippen LogP) is 2.73. The average Bonchev–Trinajstić information content (AvgIpc) is 2.32. The van der Waals surface area contributed by atoms with Gasteiger partial charge in [0, 0.05) is 23.1 Å². The minimum absolute atomic E-state index is 0.0601. The maximum Gasteiger partial charge on any atom is 0.251 e. The van der Waals surface area contributed by atoms with Gasteiger partial charge in [-0.1, -0.05) is 39.0 Å². The van der Waals surface area contributed by atoms with E-state index in [1.807, 2.05) is 6.92 Å². The lowest BCUT2D eigenvalue weighted by atomic mass is 9.73. The zero-order chi connectivity index (χ0) is 14.8. The molecule has 4 nitrogen and oxygen atoms in total. The minimum Gasteiger partial charge on any atom is -0.313 e. The molecule has 2 rings (SSSR count). The van der Waals surface area contributed by atoms with E-state index >= 15 is 0 Å². The van der Waals surface area contributed by atoms with Crippen molar-refractivity contribution in [1.82, 2.24) is 15.3 Å². The van der Waals surface area contributed by atoms with Crippen molar-refractivity contribution in [3.63, 3.8) is 0 Å². The van der Waals surface area contributed by atoms with Crippen LogP contribution in [0.4, 0.5) is 0 Å². The average molecular weight is 295 g/mol. The summed E-state index contributed by atoms with van der Waals surface area (Å²) < 4.78 is 0. The van der Waals surface area contributed by atoms with Gasteiger partial charge in [0.25, 0.3) is 5.56 Å². The van der Waals surface area contributed by atoms with Crippen molar-refractivity contribution in [2.75, 3.05) is 6.54 Å². The van der Waals surface area contributed by atoms with Crippen molar-refractivity contribution in [2.45, 2.75) is 63.4 Å². The van der Waals surface area contributed by atoms with Crippen LogP contribution in [0.3, 0.4) is 0 Å². The summed E-state index contributed by atoms with van der Waals surface area (Å²) in [6, 6.07) is 1.99. The Hall–Kier alpha value is -0.810. The molecule has 1 saturated carbocycles. The molecule has 2 N–H and O–H groups in total. The lowest BCUT2D eigenvalue weighted by molar-refractivity contribution is 0.176. The first-order chi connectivity index (χ1) is 9.42. The fraction of sp³-hybridized carbons (Fsp3) is 0.733. The van der Waals surface area contributed by atoms with Gasteiger partial charge in [0.1, 0.15) is 0 Å². The summed E-state index contributed by atoms with van der Waals surface area (Å²) in [6.07, 6.45) is 3.66. The summed E-state index contributed by atoms with van der Waals surface area (Å²) in [7, 11) is 0. The number of aromatic nitrogens is 2. The SMILES string of the molecule is CCNC1C(Sc2nc(C)cc(=O)[nH]2)CCCC1(C)C. The van der Waals surface area contributed by atoms with Gasteiger partial charge in [-0.15, -0.1) is 0 Å². The van der Waals surface area contributed by atoms with E-state index in [1.165, 1.54) is 25.3 Å². The summed E-state index contributed by atoms with van der Waals surface area (Å²) in [5, 5.41) is 4.85. The number of H-pyrrole nitrogens is 1. The van der Waals surface area contributed by atoms with Crippen LogP contribution in [0.5, 0.6) is 0 Å². The number of rotatable bonds is 4. The smallest absolute Gasteiger partial charge is 0.251 e. The van der Waals surface area contributed by atoms with Gasteiger partial charge in [-0.3, -0.25) is 4.79 Å². The molecule has 20 heavy (non-hydrogen) atoms. The molecule has 5 heteroatoms. The molecule has 0 aromatic carbocycles. The Kier molecular flexibility index (Phi) is 4.91. The summed E-state index contributed by atoms with van der Waals surface area (Å²) in [4.78, 5) is 18.9. The van der Waals surface area contributed by atoms with Crippen molar-refractivity contribution in [3.8, 4) is 0 Å². The van der Waals surface area contributed by atoms with E-state index in [-0.39, 0.29) is 11.0 Å².